The van der Waals surface area contributed by atoms with Crippen molar-refractivity contribution in [3.63, 3.8) is 0 Å². The normalized spacial score (nSPS) is 13.4. The molecule has 1 atom stereocenters. The Morgan fingerprint density at radius 3 is 2.56 bits per heavy atom. The molecule has 18 heavy (non-hydrogen) atoms. The van der Waals surface area contributed by atoms with Gasteiger partial charge in [0.15, 0.2) is 0 Å². The Bertz CT molecular complexity index is 385. The molecule has 1 rings (SSSR count). The van der Waals surface area contributed by atoms with Gasteiger partial charge in [0.05, 0.1) is 7.11 Å². The lowest BCUT2D eigenvalue weighted by Crippen LogP contribution is -2.24. The van der Waals surface area contributed by atoms with E-state index in [1.54, 1.807) is 19.2 Å². The van der Waals surface area contributed by atoms with Crippen LogP contribution in [0.2, 0.25) is 0 Å². The molecule has 0 radical (unpaired) electrons. The molecule has 1 aromatic rings. The van der Waals surface area contributed by atoms with Crippen LogP contribution in [0.15, 0.2) is 18.2 Å². The predicted octanol–water partition coefficient (Wildman–Crippen LogP) is 3.92. The predicted molar refractivity (Wildman–Crippen MR) is 73.4 cm³/mol. The minimum atomic E-state index is -0.217. The highest BCUT2D eigenvalue weighted by atomic mass is 19.1. The molecule has 0 spiro atoms. The maximum absolute atomic E-state index is 13.8. The summed E-state index contributed by atoms with van der Waals surface area (Å²) < 4.78 is 19.0. The minimum absolute atomic E-state index is 0.0523. The molecule has 0 amide bonds. The molecule has 3 heteroatoms. The highest BCUT2D eigenvalue weighted by Gasteiger charge is 2.17. The number of hydrogen-bond donors (Lipinski definition) is 1. The highest BCUT2D eigenvalue weighted by Crippen LogP contribution is 2.28. The van der Waals surface area contributed by atoms with Crippen LogP contribution in [-0.2, 0) is 0 Å². The molecule has 0 saturated heterocycles. The Hall–Kier alpha value is -1.09. The summed E-state index contributed by atoms with van der Waals surface area (Å²) in [5.41, 5.74) is 0.889. The van der Waals surface area contributed by atoms with E-state index in [1.165, 1.54) is 6.07 Å². The summed E-state index contributed by atoms with van der Waals surface area (Å²) in [4.78, 5) is 0. The summed E-state index contributed by atoms with van der Waals surface area (Å²) in [6, 6.07) is 4.88. The lowest BCUT2D eigenvalue weighted by atomic mass is 9.92. The van der Waals surface area contributed by atoms with Crippen molar-refractivity contribution in [2.75, 3.05) is 13.7 Å². The van der Waals surface area contributed by atoms with E-state index in [9.17, 15) is 4.39 Å². The zero-order valence-electron chi connectivity index (χ0n) is 12.0. The van der Waals surface area contributed by atoms with E-state index in [1.807, 2.05) is 6.92 Å². The van der Waals surface area contributed by atoms with Gasteiger partial charge in [0.1, 0.15) is 11.6 Å². The van der Waals surface area contributed by atoms with Crippen molar-refractivity contribution in [1.82, 2.24) is 5.32 Å². The van der Waals surface area contributed by atoms with Crippen LogP contribution < -0.4 is 10.1 Å². The average Bonchev–Trinajstić information content (AvgIpc) is 2.26. The van der Waals surface area contributed by atoms with Crippen molar-refractivity contribution in [3.8, 4) is 5.75 Å². The summed E-state index contributed by atoms with van der Waals surface area (Å²) in [6.45, 7) is 9.42. The van der Waals surface area contributed by atoms with E-state index >= 15 is 0 Å². The Labute approximate surface area is 110 Å². The number of rotatable bonds is 5. The van der Waals surface area contributed by atoms with Gasteiger partial charge >= 0.3 is 0 Å². The fraction of sp³-hybridized carbons (Fsp3) is 0.600. The van der Waals surface area contributed by atoms with E-state index in [0.29, 0.717) is 11.3 Å². The van der Waals surface area contributed by atoms with Crippen molar-refractivity contribution in [2.45, 2.75) is 40.2 Å². The number of hydrogen-bond acceptors (Lipinski definition) is 2. The van der Waals surface area contributed by atoms with Crippen LogP contribution in [0.25, 0.3) is 0 Å². The molecule has 0 aliphatic rings. The second-order valence-corrected chi connectivity index (χ2v) is 5.84. The van der Waals surface area contributed by atoms with Crippen LogP contribution in [0.4, 0.5) is 4.39 Å². The van der Waals surface area contributed by atoms with E-state index in [0.717, 1.165) is 13.0 Å². The Balaban J connectivity index is 2.69. The fourth-order valence-electron chi connectivity index (χ4n) is 1.88. The average molecular weight is 253 g/mol. The first-order valence-electron chi connectivity index (χ1n) is 6.41. The number of methoxy groups -OCH3 is 1. The topological polar surface area (TPSA) is 21.3 Å². The Morgan fingerprint density at radius 2 is 2.00 bits per heavy atom. The maximum atomic E-state index is 13.8. The standard InChI is InChI=1S/C15H24FNO/c1-11(17-10-9-15(2,3)4)14-12(16)7-6-8-13(14)18-5/h6-8,11,17H,9-10H2,1-5H3. The van der Waals surface area contributed by atoms with Gasteiger partial charge in [-0.1, -0.05) is 26.8 Å². The van der Waals surface area contributed by atoms with Crippen molar-refractivity contribution in [2.24, 2.45) is 5.41 Å². The second kappa shape index (κ2) is 6.19. The molecule has 102 valence electrons. The van der Waals surface area contributed by atoms with Crippen LogP contribution in [0.5, 0.6) is 5.75 Å². The van der Waals surface area contributed by atoms with Crippen LogP contribution in [0, 0.1) is 11.2 Å². The van der Waals surface area contributed by atoms with Gasteiger partial charge in [-0.15, -0.1) is 0 Å². The van der Waals surface area contributed by atoms with Crippen molar-refractivity contribution < 1.29 is 9.13 Å². The smallest absolute Gasteiger partial charge is 0.131 e. The summed E-state index contributed by atoms with van der Waals surface area (Å²) in [7, 11) is 1.57. The first-order chi connectivity index (χ1) is 8.35. The summed E-state index contributed by atoms with van der Waals surface area (Å²) in [5.74, 6) is 0.385. The zero-order valence-corrected chi connectivity index (χ0v) is 12.0. The van der Waals surface area contributed by atoms with Crippen LogP contribution in [-0.4, -0.2) is 13.7 Å². The minimum Gasteiger partial charge on any atom is -0.496 e. The lowest BCUT2D eigenvalue weighted by Gasteiger charge is -2.22. The second-order valence-electron chi connectivity index (χ2n) is 5.84. The molecular formula is C15H24FNO. The monoisotopic (exact) mass is 253 g/mol. The largest absolute Gasteiger partial charge is 0.496 e. The van der Waals surface area contributed by atoms with Crippen molar-refractivity contribution in [1.29, 1.82) is 0 Å². The molecule has 0 aromatic heterocycles. The van der Waals surface area contributed by atoms with Crippen molar-refractivity contribution >= 4 is 0 Å². The molecule has 0 fully saturated rings. The number of halogens is 1. The number of benzene rings is 1. The van der Waals surface area contributed by atoms with Crippen LogP contribution >= 0.6 is 0 Å². The third-order valence-corrected chi connectivity index (χ3v) is 2.99. The Kier molecular flexibility index (Phi) is 5.15. The van der Waals surface area contributed by atoms with Crippen LogP contribution in [0.1, 0.15) is 45.7 Å². The van der Waals surface area contributed by atoms with Gasteiger partial charge in [0.25, 0.3) is 0 Å². The SMILES string of the molecule is COc1cccc(F)c1C(C)NCCC(C)(C)C. The molecule has 1 unspecified atom stereocenters. The molecule has 0 saturated carbocycles. The third kappa shape index (κ3) is 4.30. The molecule has 1 N–H and O–H groups in total. The van der Waals surface area contributed by atoms with Gasteiger partial charge in [-0.3, -0.25) is 0 Å². The lowest BCUT2D eigenvalue weighted by molar-refractivity contribution is 0.351. The molecular weight excluding hydrogens is 229 g/mol. The van der Waals surface area contributed by atoms with Crippen molar-refractivity contribution in [3.05, 3.63) is 29.6 Å². The maximum Gasteiger partial charge on any atom is 0.131 e. The van der Waals surface area contributed by atoms with E-state index in [4.69, 9.17) is 4.74 Å². The van der Waals surface area contributed by atoms with E-state index in [2.05, 4.69) is 26.1 Å². The molecule has 0 aliphatic carbocycles. The van der Waals surface area contributed by atoms with E-state index in [-0.39, 0.29) is 17.3 Å². The van der Waals surface area contributed by atoms with Gasteiger partial charge < -0.3 is 10.1 Å². The van der Waals surface area contributed by atoms with Gasteiger partial charge in [0, 0.05) is 11.6 Å². The highest BCUT2D eigenvalue weighted by molar-refractivity contribution is 5.36. The molecule has 2 nitrogen and oxygen atoms in total. The fourth-order valence-corrected chi connectivity index (χ4v) is 1.88. The van der Waals surface area contributed by atoms with Gasteiger partial charge in [-0.2, -0.15) is 0 Å². The van der Waals surface area contributed by atoms with Gasteiger partial charge in [0.2, 0.25) is 0 Å². The summed E-state index contributed by atoms with van der Waals surface area (Å²) >= 11 is 0. The first kappa shape index (κ1) is 15.0. The van der Waals surface area contributed by atoms with Gasteiger partial charge in [-0.05, 0) is 37.4 Å². The molecule has 1 aromatic carbocycles. The number of nitrogens with one attached hydrogen (secondary N) is 1. The van der Waals surface area contributed by atoms with Gasteiger partial charge in [-0.25, -0.2) is 4.39 Å². The first-order valence-corrected chi connectivity index (χ1v) is 6.41. The Morgan fingerprint density at radius 1 is 1.33 bits per heavy atom. The molecule has 0 heterocycles. The van der Waals surface area contributed by atoms with E-state index < -0.39 is 0 Å². The van der Waals surface area contributed by atoms with Crippen LogP contribution in [0.3, 0.4) is 0 Å². The summed E-state index contributed by atoms with van der Waals surface area (Å²) in [6.07, 6.45) is 1.05. The number of ether oxygens (including phenoxy) is 1. The summed E-state index contributed by atoms with van der Waals surface area (Å²) in [5, 5.41) is 3.35. The quantitative estimate of drug-likeness (QED) is 0.858. The molecule has 0 bridgehead atoms. The third-order valence-electron chi connectivity index (χ3n) is 2.99. The molecule has 0 aliphatic heterocycles. The zero-order chi connectivity index (χ0) is 13.8.